The third kappa shape index (κ3) is 9.16. The Bertz CT molecular complexity index is 118. The van der Waals surface area contributed by atoms with Gasteiger partial charge < -0.3 is 9.57 Å². The first kappa shape index (κ1) is 11.2. The van der Waals surface area contributed by atoms with Gasteiger partial charge in [-0.25, -0.2) is 0 Å². The molecule has 0 aliphatic carbocycles. The lowest BCUT2D eigenvalue weighted by atomic mass is 10.4. The van der Waals surface area contributed by atoms with E-state index in [0.717, 1.165) is 19.4 Å². The minimum Gasteiger partial charge on any atom is -0.381 e. The average Bonchev–Trinajstić information content (AvgIpc) is 2.02. The SMILES string of the molecule is CCCCOCCCO[N+](=O)[O-]. The summed E-state index contributed by atoms with van der Waals surface area (Å²) in [4.78, 5) is 13.8. The minimum absolute atomic E-state index is 0.124. The first-order valence-corrected chi connectivity index (χ1v) is 4.12. The van der Waals surface area contributed by atoms with Crippen LogP contribution < -0.4 is 0 Å². The largest absolute Gasteiger partial charge is 0.381 e. The first-order valence-electron chi connectivity index (χ1n) is 4.12. The van der Waals surface area contributed by atoms with E-state index in [-0.39, 0.29) is 6.61 Å². The van der Waals surface area contributed by atoms with Gasteiger partial charge in [-0.05, 0) is 12.8 Å². The molecule has 0 unspecified atom stereocenters. The molecule has 0 aliphatic rings. The van der Waals surface area contributed by atoms with Gasteiger partial charge in [0, 0.05) is 13.2 Å². The molecule has 0 saturated carbocycles. The molecule has 12 heavy (non-hydrogen) atoms. The summed E-state index contributed by atoms with van der Waals surface area (Å²) in [6.07, 6.45) is 2.71. The Morgan fingerprint density at radius 1 is 1.25 bits per heavy atom. The van der Waals surface area contributed by atoms with Crippen molar-refractivity contribution < 1.29 is 14.7 Å². The number of ether oxygens (including phenoxy) is 1. The molecule has 5 heteroatoms. The number of hydrogen-bond acceptors (Lipinski definition) is 4. The Morgan fingerprint density at radius 2 is 1.92 bits per heavy atom. The monoisotopic (exact) mass is 177 g/mol. The summed E-state index contributed by atoms with van der Waals surface area (Å²) in [6, 6.07) is 0. The Morgan fingerprint density at radius 3 is 2.50 bits per heavy atom. The van der Waals surface area contributed by atoms with Crippen LogP contribution in [0.4, 0.5) is 0 Å². The smallest absolute Gasteiger partial charge is 0.294 e. The fraction of sp³-hybridized carbons (Fsp3) is 1.00. The second-order valence-corrected chi connectivity index (χ2v) is 2.38. The number of nitrogens with zero attached hydrogens (tertiary/aromatic N) is 1. The van der Waals surface area contributed by atoms with Crippen LogP contribution in [0.3, 0.4) is 0 Å². The Labute approximate surface area is 71.8 Å². The van der Waals surface area contributed by atoms with Gasteiger partial charge in [-0.15, -0.1) is 10.1 Å². The molecule has 0 aromatic heterocycles. The van der Waals surface area contributed by atoms with Gasteiger partial charge in [0.15, 0.2) is 0 Å². The van der Waals surface area contributed by atoms with E-state index in [0.29, 0.717) is 13.0 Å². The van der Waals surface area contributed by atoms with Crippen molar-refractivity contribution in [2.45, 2.75) is 26.2 Å². The van der Waals surface area contributed by atoms with Crippen molar-refractivity contribution in [3.8, 4) is 0 Å². The van der Waals surface area contributed by atoms with Crippen molar-refractivity contribution in [3.63, 3.8) is 0 Å². The summed E-state index contributed by atoms with van der Waals surface area (Å²) in [7, 11) is 0. The average molecular weight is 177 g/mol. The van der Waals surface area contributed by atoms with E-state index in [9.17, 15) is 10.1 Å². The van der Waals surface area contributed by atoms with Gasteiger partial charge in [0.25, 0.3) is 5.09 Å². The molecule has 0 atom stereocenters. The molecule has 5 nitrogen and oxygen atoms in total. The van der Waals surface area contributed by atoms with Crippen LogP contribution in [0, 0.1) is 10.1 Å². The molecule has 0 radical (unpaired) electrons. The second-order valence-electron chi connectivity index (χ2n) is 2.38. The highest BCUT2D eigenvalue weighted by Crippen LogP contribution is 1.90. The van der Waals surface area contributed by atoms with Crippen LogP contribution in [-0.2, 0) is 9.57 Å². The maximum absolute atomic E-state index is 9.68. The van der Waals surface area contributed by atoms with Crippen molar-refractivity contribution in [1.29, 1.82) is 0 Å². The van der Waals surface area contributed by atoms with E-state index in [1.807, 2.05) is 0 Å². The summed E-state index contributed by atoms with van der Waals surface area (Å²) in [5, 5.41) is 8.89. The van der Waals surface area contributed by atoms with E-state index in [4.69, 9.17) is 4.74 Å². The van der Waals surface area contributed by atoms with Gasteiger partial charge in [0.05, 0.1) is 6.61 Å². The number of unbranched alkanes of at least 4 members (excludes halogenated alkanes) is 1. The molecule has 0 saturated heterocycles. The van der Waals surface area contributed by atoms with Crippen LogP contribution in [-0.4, -0.2) is 24.9 Å². The van der Waals surface area contributed by atoms with Gasteiger partial charge >= 0.3 is 0 Å². The molecule has 0 aromatic carbocycles. The highest BCUT2D eigenvalue weighted by Gasteiger charge is 1.93. The van der Waals surface area contributed by atoms with Crippen LogP contribution in [0.5, 0.6) is 0 Å². The van der Waals surface area contributed by atoms with Crippen LogP contribution in [0.25, 0.3) is 0 Å². The predicted molar refractivity (Wildman–Crippen MR) is 43.3 cm³/mol. The van der Waals surface area contributed by atoms with E-state index in [1.165, 1.54) is 0 Å². The zero-order chi connectivity index (χ0) is 9.23. The normalized spacial score (nSPS) is 9.75. The molecule has 0 rings (SSSR count). The lowest BCUT2D eigenvalue weighted by Gasteiger charge is -2.01. The molecule has 0 fully saturated rings. The maximum atomic E-state index is 9.68. The van der Waals surface area contributed by atoms with Crippen molar-refractivity contribution in [3.05, 3.63) is 10.1 Å². The third-order valence-corrected chi connectivity index (χ3v) is 1.27. The van der Waals surface area contributed by atoms with E-state index in [1.54, 1.807) is 0 Å². The molecular formula is C7H15NO4. The van der Waals surface area contributed by atoms with Gasteiger partial charge in [0.2, 0.25) is 0 Å². The zero-order valence-electron chi connectivity index (χ0n) is 7.32. The summed E-state index contributed by atoms with van der Waals surface area (Å²) < 4.78 is 5.15. The molecule has 0 heterocycles. The van der Waals surface area contributed by atoms with Gasteiger partial charge in [-0.3, -0.25) is 0 Å². The van der Waals surface area contributed by atoms with Gasteiger partial charge in [0.1, 0.15) is 0 Å². The molecule has 0 N–H and O–H groups in total. The summed E-state index contributed by atoms with van der Waals surface area (Å²) >= 11 is 0. The van der Waals surface area contributed by atoms with E-state index < -0.39 is 5.09 Å². The van der Waals surface area contributed by atoms with Crippen LogP contribution in [0.2, 0.25) is 0 Å². The molecule has 0 spiro atoms. The van der Waals surface area contributed by atoms with E-state index in [2.05, 4.69) is 11.8 Å². The molecule has 0 amide bonds. The molecule has 72 valence electrons. The lowest BCUT2D eigenvalue weighted by molar-refractivity contribution is -0.757. The van der Waals surface area contributed by atoms with E-state index >= 15 is 0 Å². The van der Waals surface area contributed by atoms with Crippen molar-refractivity contribution in [2.24, 2.45) is 0 Å². The van der Waals surface area contributed by atoms with Gasteiger partial charge in [-0.1, -0.05) is 13.3 Å². The van der Waals surface area contributed by atoms with Crippen LogP contribution in [0.1, 0.15) is 26.2 Å². The summed E-state index contributed by atoms with van der Waals surface area (Å²) in [6.45, 7) is 3.47. The zero-order valence-corrected chi connectivity index (χ0v) is 7.32. The van der Waals surface area contributed by atoms with Crippen molar-refractivity contribution in [2.75, 3.05) is 19.8 Å². The first-order chi connectivity index (χ1) is 5.77. The topological polar surface area (TPSA) is 61.6 Å². The molecule has 0 aromatic rings. The predicted octanol–water partition coefficient (Wildman–Crippen LogP) is 1.40. The minimum atomic E-state index is -0.786. The number of rotatable bonds is 8. The maximum Gasteiger partial charge on any atom is 0.294 e. The Kier molecular flexibility index (Phi) is 7.68. The van der Waals surface area contributed by atoms with Crippen LogP contribution in [0.15, 0.2) is 0 Å². The fourth-order valence-electron chi connectivity index (χ4n) is 0.649. The number of hydrogen-bond donors (Lipinski definition) is 0. The quantitative estimate of drug-likeness (QED) is 0.319. The molecular weight excluding hydrogens is 162 g/mol. The lowest BCUT2D eigenvalue weighted by Crippen LogP contribution is -2.05. The highest BCUT2D eigenvalue weighted by atomic mass is 16.9. The van der Waals surface area contributed by atoms with Gasteiger partial charge in [-0.2, -0.15) is 0 Å². The fourth-order valence-corrected chi connectivity index (χ4v) is 0.649. The standard InChI is InChI=1S/C7H15NO4/c1-2-3-5-11-6-4-7-12-8(9)10/h2-7H2,1H3. The molecule has 0 bridgehead atoms. The third-order valence-electron chi connectivity index (χ3n) is 1.27. The summed E-state index contributed by atoms with van der Waals surface area (Å²) in [5.41, 5.74) is 0. The van der Waals surface area contributed by atoms with Crippen molar-refractivity contribution >= 4 is 0 Å². The second kappa shape index (κ2) is 8.26. The Hall–Kier alpha value is -0.840. The van der Waals surface area contributed by atoms with Crippen molar-refractivity contribution in [1.82, 2.24) is 0 Å². The summed E-state index contributed by atoms with van der Waals surface area (Å²) in [5.74, 6) is 0. The highest BCUT2D eigenvalue weighted by molar-refractivity contribution is 4.34. The Balaban J connectivity index is 2.86. The molecule has 0 aliphatic heterocycles. The van der Waals surface area contributed by atoms with Crippen LogP contribution >= 0.6 is 0 Å².